The van der Waals surface area contributed by atoms with Gasteiger partial charge in [-0.3, -0.25) is 0 Å². The summed E-state index contributed by atoms with van der Waals surface area (Å²) < 4.78 is 2.59. The fraction of sp³-hybridized carbons (Fsp3) is 0.0769. The zero-order valence-electron chi connectivity index (χ0n) is 8.10. The molecule has 0 amide bonds. The molecule has 2 aromatic carbocycles. The fourth-order valence-electron chi connectivity index (χ4n) is 1.87. The Hall–Kier alpha value is -1.38. The van der Waals surface area contributed by atoms with Crippen LogP contribution in [0.2, 0.25) is 0 Å². The highest BCUT2D eigenvalue weighted by atomic mass is 32.1. The van der Waals surface area contributed by atoms with Gasteiger partial charge in [0.05, 0.1) is 6.61 Å². The van der Waals surface area contributed by atoms with Crippen LogP contribution in [0.5, 0.6) is 0 Å². The number of thiophene rings is 1. The van der Waals surface area contributed by atoms with Crippen LogP contribution in [0.4, 0.5) is 0 Å². The largest absolute Gasteiger partial charge is 0.392 e. The third kappa shape index (κ3) is 1.34. The van der Waals surface area contributed by atoms with E-state index >= 15 is 0 Å². The summed E-state index contributed by atoms with van der Waals surface area (Å²) in [5, 5.41) is 11.6. The van der Waals surface area contributed by atoms with Gasteiger partial charge in [-0.25, -0.2) is 0 Å². The average Bonchev–Trinajstić information content (AvgIpc) is 2.66. The monoisotopic (exact) mass is 214 g/mol. The molecular formula is C13H10OS. The zero-order valence-corrected chi connectivity index (χ0v) is 8.92. The number of hydrogen-bond donors (Lipinski definition) is 1. The van der Waals surface area contributed by atoms with Gasteiger partial charge in [0.25, 0.3) is 0 Å². The van der Waals surface area contributed by atoms with Crippen molar-refractivity contribution in [2.24, 2.45) is 0 Å². The minimum absolute atomic E-state index is 0.111. The van der Waals surface area contributed by atoms with E-state index in [2.05, 4.69) is 36.4 Å². The Morgan fingerprint density at radius 2 is 1.73 bits per heavy atom. The molecule has 3 aromatic rings. The van der Waals surface area contributed by atoms with E-state index in [1.54, 1.807) is 11.3 Å². The van der Waals surface area contributed by atoms with E-state index in [9.17, 15) is 0 Å². The summed E-state index contributed by atoms with van der Waals surface area (Å²) in [5.74, 6) is 0. The van der Waals surface area contributed by atoms with E-state index in [1.165, 1.54) is 20.2 Å². The maximum absolute atomic E-state index is 9.11. The summed E-state index contributed by atoms with van der Waals surface area (Å²) in [6, 6.07) is 14.5. The topological polar surface area (TPSA) is 20.2 Å². The Bertz CT molecular complexity index is 625. The molecule has 0 spiro atoms. The van der Waals surface area contributed by atoms with Crippen LogP contribution in [0, 0.1) is 0 Å². The highest BCUT2D eigenvalue weighted by Crippen LogP contribution is 2.33. The molecule has 0 aliphatic rings. The fourth-order valence-corrected chi connectivity index (χ4v) is 2.96. The second-order valence-corrected chi connectivity index (χ2v) is 4.67. The summed E-state index contributed by atoms with van der Waals surface area (Å²) in [4.78, 5) is 0. The lowest BCUT2D eigenvalue weighted by molar-refractivity contribution is 0.282. The van der Waals surface area contributed by atoms with Crippen molar-refractivity contribution in [3.05, 3.63) is 48.0 Å². The van der Waals surface area contributed by atoms with E-state index in [-0.39, 0.29) is 6.61 Å². The molecule has 0 unspecified atom stereocenters. The molecule has 0 atom stereocenters. The van der Waals surface area contributed by atoms with Gasteiger partial charge in [-0.05, 0) is 23.8 Å². The number of aliphatic hydroxyl groups is 1. The van der Waals surface area contributed by atoms with Gasteiger partial charge in [-0.1, -0.05) is 24.3 Å². The van der Waals surface area contributed by atoms with Crippen molar-refractivity contribution in [3.63, 3.8) is 0 Å². The van der Waals surface area contributed by atoms with Crippen molar-refractivity contribution in [1.82, 2.24) is 0 Å². The maximum atomic E-state index is 9.11. The molecule has 0 aliphatic carbocycles. The van der Waals surface area contributed by atoms with Gasteiger partial charge in [-0.15, -0.1) is 11.3 Å². The lowest BCUT2D eigenvalue weighted by atomic mass is 10.1. The standard InChI is InChI=1S/C13H10OS/c14-8-9-5-6-13-11(7-9)10-3-1-2-4-12(10)15-13/h1-7,14H,8H2. The second-order valence-electron chi connectivity index (χ2n) is 3.59. The van der Waals surface area contributed by atoms with Crippen LogP contribution in [-0.4, -0.2) is 5.11 Å². The molecule has 0 radical (unpaired) electrons. The van der Waals surface area contributed by atoms with Crippen LogP contribution >= 0.6 is 11.3 Å². The van der Waals surface area contributed by atoms with E-state index < -0.39 is 0 Å². The lowest BCUT2D eigenvalue weighted by Gasteiger charge is -1.95. The van der Waals surface area contributed by atoms with E-state index in [0.717, 1.165) is 5.56 Å². The molecule has 0 saturated heterocycles. The van der Waals surface area contributed by atoms with Crippen LogP contribution < -0.4 is 0 Å². The third-order valence-corrected chi connectivity index (χ3v) is 3.78. The number of aliphatic hydroxyl groups excluding tert-OH is 1. The quantitative estimate of drug-likeness (QED) is 0.656. The highest BCUT2D eigenvalue weighted by Gasteiger charge is 2.04. The smallest absolute Gasteiger partial charge is 0.0682 e. The van der Waals surface area contributed by atoms with Gasteiger partial charge >= 0.3 is 0 Å². The first-order chi connectivity index (χ1) is 7.38. The number of hydrogen-bond acceptors (Lipinski definition) is 2. The maximum Gasteiger partial charge on any atom is 0.0682 e. The summed E-state index contributed by atoms with van der Waals surface area (Å²) in [5.41, 5.74) is 0.978. The Labute approximate surface area is 91.6 Å². The van der Waals surface area contributed by atoms with Crippen molar-refractivity contribution in [1.29, 1.82) is 0 Å². The van der Waals surface area contributed by atoms with Crippen LogP contribution in [0.25, 0.3) is 20.2 Å². The first-order valence-corrected chi connectivity index (χ1v) is 5.71. The first kappa shape index (κ1) is 8.89. The molecule has 74 valence electrons. The van der Waals surface area contributed by atoms with Gasteiger partial charge in [0.2, 0.25) is 0 Å². The average molecular weight is 214 g/mol. The Kier molecular flexibility index (Phi) is 1.97. The van der Waals surface area contributed by atoms with Crippen molar-refractivity contribution in [2.75, 3.05) is 0 Å². The van der Waals surface area contributed by atoms with Gasteiger partial charge in [0, 0.05) is 20.2 Å². The predicted octanol–water partition coefficient (Wildman–Crippen LogP) is 3.55. The van der Waals surface area contributed by atoms with Crippen molar-refractivity contribution in [2.45, 2.75) is 6.61 Å². The van der Waals surface area contributed by atoms with Crippen molar-refractivity contribution in [3.8, 4) is 0 Å². The van der Waals surface area contributed by atoms with Crippen LogP contribution in [0.3, 0.4) is 0 Å². The molecule has 1 aromatic heterocycles. The third-order valence-electron chi connectivity index (χ3n) is 2.62. The highest BCUT2D eigenvalue weighted by molar-refractivity contribution is 7.25. The SMILES string of the molecule is OCc1ccc2sc3ccccc3c2c1. The van der Waals surface area contributed by atoms with Gasteiger partial charge in [-0.2, -0.15) is 0 Å². The Morgan fingerprint density at radius 3 is 2.60 bits per heavy atom. The number of benzene rings is 2. The second kappa shape index (κ2) is 3.33. The molecule has 0 fully saturated rings. The van der Waals surface area contributed by atoms with E-state index in [1.807, 2.05) is 6.07 Å². The normalized spacial score (nSPS) is 11.3. The van der Waals surface area contributed by atoms with Crippen LogP contribution in [-0.2, 0) is 6.61 Å². The number of fused-ring (bicyclic) bond motifs is 3. The van der Waals surface area contributed by atoms with Gasteiger partial charge in [0.1, 0.15) is 0 Å². The molecule has 0 bridgehead atoms. The minimum atomic E-state index is 0.111. The molecule has 2 heteroatoms. The Balaban J connectivity index is 2.46. The first-order valence-electron chi connectivity index (χ1n) is 4.89. The molecule has 1 nitrogen and oxygen atoms in total. The lowest BCUT2D eigenvalue weighted by Crippen LogP contribution is -1.80. The van der Waals surface area contributed by atoms with Crippen LogP contribution in [0.15, 0.2) is 42.5 Å². The molecule has 0 aliphatic heterocycles. The summed E-state index contributed by atoms with van der Waals surface area (Å²) in [6.07, 6.45) is 0. The van der Waals surface area contributed by atoms with Gasteiger partial charge < -0.3 is 5.11 Å². The molecule has 1 N–H and O–H groups in total. The number of rotatable bonds is 1. The van der Waals surface area contributed by atoms with Gasteiger partial charge in [0.15, 0.2) is 0 Å². The molecule has 1 heterocycles. The summed E-state index contributed by atoms with van der Waals surface area (Å²) in [6.45, 7) is 0.111. The molecule has 3 rings (SSSR count). The molecule has 15 heavy (non-hydrogen) atoms. The van der Waals surface area contributed by atoms with E-state index in [0.29, 0.717) is 0 Å². The van der Waals surface area contributed by atoms with Crippen molar-refractivity contribution >= 4 is 31.5 Å². The molecule has 0 saturated carbocycles. The zero-order chi connectivity index (χ0) is 10.3. The predicted molar refractivity (Wildman–Crippen MR) is 65.3 cm³/mol. The summed E-state index contributed by atoms with van der Waals surface area (Å²) >= 11 is 1.80. The van der Waals surface area contributed by atoms with Crippen LogP contribution in [0.1, 0.15) is 5.56 Å². The minimum Gasteiger partial charge on any atom is -0.392 e. The Morgan fingerprint density at radius 1 is 0.933 bits per heavy atom. The van der Waals surface area contributed by atoms with Crippen molar-refractivity contribution < 1.29 is 5.11 Å². The summed E-state index contributed by atoms with van der Waals surface area (Å²) in [7, 11) is 0. The van der Waals surface area contributed by atoms with E-state index in [4.69, 9.17) is 5.11 Å². The molecular weight excluding hydrogens is 204 g/mol.